The number of hydrogen-bond acceptors (Lipinski definition) is 4. The van der Waals surface area contributed by atoms with Crippen LogP contribution in [-0.4, -0.2) is 29.9 Å². The maximum atomic E-state index is 13.0. The van der Waals surface area contributed by atoms with Crippen LogP contribution < -0.4 is 15.0 Å². The Bertz CT molecular complexity index is 1180. The maximum Gasteiger partial charge on any atom is 0.333 e. The number of urea groups is 1. The Kier molecular flexibility index (Phi) is 5.91. The first-order valence-corrected chi connectivity index (χ1v) is 11.2. The Morgan fingerprint density at radius 1 is 0.848 bits per heavy atom. The minimum Gasteiger partial charge on any atom is -0.457 e. The van der Waals surface area contributed by atoms with Gasteiger partial charge in [0.15, 0.2) is 0 Å². The number of nitrogens with one attached hydrogen (secondary N) is 1. The van der Waals surface area contributed by atoms with E-state index < -0.39 is 11.9 Å². The summed E-state index contributed by atoms with van der Waals surface area (Å²) in [4.78, 5) is 29.2. The molecule has 33 heavy (non-hydrogen) atoms. The Labute approximate surface area is 193 Å². The summed E-state index contributed by atoms with van der Waals surface area (Å²) >= 11 is 0. The molecular weight excluding hydrogens is 414 g/mol. The van der Waals surface area contributed by atoms with E-state index >= 15 is 0 Å². The molecule has 2 saturated heterocycles. The number of benzene rings is 3. The highest BCUT2D eigenvalue weighted by molar-refractivity contribution is 6.28. The van der Waals surface area contributed by atoms with E-state index in [1.807, 2.05) is 42.5 Å². The molecule has 0 radical (unpaired) electrons. The number of amides is 3. The molecule has 0 atom stereocenters. The molecule has 5 rings (SSSR count). The van der Waals surface area contributed by atoms with Crippen LogP contribution in [0.5, 0.6) is 11.5 Å². The summed E-state index contributed by atoms with van der Waals surface area (Å²) in [6.07, 6.45) is 4.25. The molecule has 3 aromatic rings. The maximum absolute atomic E-state index is 13.0. The highest BCUT2D eigenvalue weighted by Gasteiger charge is 2.35. The monoisotopic (exact) mass is 439 g/mol. The summed E-state index contributed by atoms with van der Waals surface area (Å²) in [5.41, 5.74) is 2.82. The molecule has 3 amide bonds. The molecule has 0 bridgehead atoms. The molecule has 0 saturated carbocycles. The fourth-order valence-corrected chi connectivity index (χ4v) is 4.17. The van der Waals surface area contributed by atoms with Crippen molar-refractivity contribution in [1.82, 2.24) is 10.2 Å². The van der Waals surface area contributed by atoms with Crippen molar-refractivity contribution in [3.63, 3.8) is 0 Å². The van der Waals surface area contributed by atoms with Gasteiger partial charge < -0.3 is 10.1 Å². The number of imide groups is 1. The van der Waals surface area contributed by atoms with Gasteiger partial charge in [-0.15, -0.1) is 0 Å². The van der Waals surface area contributed by atoms with Gasteiger partial charge in [-0.05, 0) is 67.4 Å². The molecule has 0 aliphatic carbocycles. The Hall–Kier alpha value is -3.90. The predicted molar refractivity (Wildman–Crippen MR) is 128 cm³/mol. The molecule has 2 fully saturated rings. The van der Waals surface area contributed by atoms with Crippen molar-refractivity contribution in [2.45, 2.75) is 19.4 Å². The summed E-state index contributed by atoms with van der Waals surface area (Å²) in [5, 5.41) is 2.69. The van der Waals surface area contributed by atoms with Gasteiger partial charge in [0.2, 0.25) is 0 Å². The lowest BCUT2D eigenvalue weighted by Crippen LogP contribution is -2.30. The minimum absolute atomic E-state index is 0.252. The quantitative estimate of drug-likeness (QED) is 0.425. The number of hydrogen-bond donors (Lipinski definition) is 1. The Morgan fingerprint density at radius 2 is 1.58 bits per heavy atom. The number of rotatable bonds is 6. The average Bonchev–Trinajstić information content (AvgIpc) is 3.43. The molecule has 6 nitrogen and oxygen atoms in total. The molecule has 6 heteroatoms. The summed E-state index contributed by atoms with van der Waals surface area (Å²) < 4.78 is 5.84. The van der Waals surface area contributed by atoms with Gasteiger partial charge in [0.05, 0.1) is 5.69 Å². The molecule has 166 valence electrons. The molecule has 3 aromatic carbocycles. The third kappa shape index (κ3) is 4.81. The molecule has 0 unspecified atom stereocenters. The van der Waals surface area contributed by atoms with Crippen LogP contribution in [-0.2, 0) is 11.3 Å². The molecular formula is C27H25N3O3. The standard InChI is InChI=1S/C27H25N3O3/c31-26-25(17-20-11-13-21(14-12-20)19-29-15-4-5-16-29)28-27(32)30(26)22-7-6-10-24(18-22)33-23-8-2-1-3-9-23/h1-3,6-14,17-18H,4-5,15-16,19H2,(H,28,32)/b25-17-. The second-order valence-electron chi connectivity index (χ2n) is 8.27. The SMILES string of the molecule is O=C1N/C(=C\c2ccc(CN3CCCC3)cc2)C(=O)N1c1cccc(Oc2ccccc2)c1. The van der Waals surface area contributed by atoms with Gasteiger partial charge in [0.25, 0.3) is 5.91 Å². The molecule has 0 aromatic heterocycles. The topological polar surface area (TPSA) is 61.9 Å². The average molecular weight is 440 g/mol. The summed E-state index contributed by atoms with van der Waals surface area (Å²) in [7, 11) is 0. The van der Waals surface area contributed by atoms with E-state index in [4.69, 9.17) is 4.74 Å². The fraction of sp³-hybridized carbons (Fsp3) is 0.185. The third-order valence-electron chi connectivity index (χ3n) is 5.83. The minimum atomic E-state index is -0.478. The number of nitrogens with zero attached hydrogens (tertiary/aromatic N) is 2. The zero-order chi connectivity index (χ0) is 22.6. The van der Waals surface area contributed by atoms with Crippen molar-refractivity contribution in [3.8, 4) is 11.5 Å². The van der Waals surface area contributed by atoms with E-state index in [0.29, 0.717) is 17.2 Å². The van der Waals surface area contributed by atoms with Crippen molar-refractivity contribution in [2.75, 3.05) is 18.0 Å². The van der Waals surface area contributed by atoms with Gasteiger partial charge >= 0.3 is 6.03 Å². The molecule has 2 aliphatic rings. The second kappa shape index (κ2) is 9.30. The highest BCUT2D eigenvalue weighted by Crippen LogP contribution is 2.28. The van der Waals surface area contributed by atoms with Gasteiger partial charge in [-0.1, -0.05) is 48.5 Å². The van der Waals surface area contributed by atoms with Crippen molar-refractivity contribution in [1.29, 1.82) is 0 Å². The summed E-state index contributed by atoms with van der Waals surface area (Å²) in [5.74, 6) is 0.837. The van der Waals surface area contributed by atoms with Gasteiger partial charge in [-0.25, -0.2) is 9.69 Å². The van der Waals surface area contributed by atoms with Gasteiger partial charge in [0.1, 0.15) is 17.2 Å². The van der Waals surface area contributed by atoms with Gasteiger partial charge in [0, 0.05) is 12.6 Å². The van der Waals surface area contributed by atoms with E-state index in [1.165, 1.54) is 18.4 Å². The number of carbonyl (C=O) groups excluding carboxylic acids is 2. The van der Waals surface area contributed by atoms with Crippen molar-refractivity contribution in [3.05, 3.63) is 95.7 Å². The second-order valence-corrected chi connectivity index (χ2v) is 8.27. The first-order valence-electron chi connectivity index (χ1n) is 11.2. The lowest BCUT2D eigenvalue weighted by molar-refractivity contribution is -0.113. The fourth-order valence-electron chi connectivity index (χ4n) is 4.17. The van der Waals surface area contributed by atoms with E-state index in [-0.39, 0.29) is 5.70 Å². The largest absolute Gasteiger partial charge is 0.457 e. The van der Waals surface area contributed by atoms with Crippen molar-refractivity contribution < 1.29 is 14.3 Å². The molecule has 2 aliphatic heterocycles. The van der Waals surface area contributed by atoms with E-state index in [1.54, 1.807) is 30.3 Å². The van der Waals surface area contributed by atoms with Crippen LogP contribution in [0, 0.1) is 0 Å². The normalized spacial score (nSPS) is 17.6. The van der Waals surface area contributed by atoms with Crippen molar-refractivity contribution in [2.24, 2.45) is 0 Å². The number of para-hydroxylation sites is 1. The smallest absolute Gasteiger partial charge is 0.333 e. The zero-order valence-electron chi connectivity index (χ0n) is 18.2. The molecule has 1 N–H and O–H groups in total. The van der Waals surface area contributed by atoms with Crippen LogP contribution in [0.2, 0.25) is 0 Å². The third-order valence-corrected chi connectivity index (χ3v) is 5.83. The zero-order valence-corrected chi connectivity index (χ0v) is 18.2. The van der Waals surface area contributed by atoms with Gasteiger partial charge in [-0.2, -0.15) is 0 Å². The first-order chi connectivity index (χ1) is 16.2. The van der Waals surface area contributed by atoms with Crippen LogP contribution >= 0.6 is 0 Å². The van der Waals surface area contributed by atoms with E-state index in [0.717, 1.165) is 30.1 Å². The van der Waals surface area contributed by atoms with Crippen LogP contribution in [0.1, 0.15) is 24.0 Å². The molecule has 2 heterocycles. The van der Waals surface area contributed by atoms with Gasteiger partial charge in [-0.3, -0.25) is 9.69 Å². The van der Waals surface area contributed by atoms with E-state index in [9.17, 15) is 9.59 Å². The predicted octanol–water partition coefficient (Wildman–Crippen LogP) is 5.17. The number of anilines is 1. The first kappa shape index (κ1) is 21.0. The lowest BCUT2D eigenvalue weighted by Gasteiger charge is -2.14. The van der Waals surface area contributed by atoms with E-state index in [2.05, 4.69) is 22.3 Å². The number of ether oxygens (including phenoxy) is 1. The molecule has 0 spiro atoms. The van der Waals surface area contributed by atoms with Crippen LogP contribution in [0.25, 0.3) is 6.08 Å². The number of carbonyl (C=O) groups is 2. The van der Waals surface area contributed by atoms with Crippen LogP contribution in [0.4, 0.5) is 10.5 Å². The lowest BCUT2D eigenvalue weighted by atomic mass is 10.1. The van der Waals surface area contributed by atoms with Crippen LogP contribution in [0.3, 0.4) is 0 Å². The Morgan fingerprint density at radius 3 is 2.33 bits per heavy atom. The van der Waals surface area contributed by atoms with Crippen molar-refractivity contribution >= 4 is 23.7 Å². The summed E-state index contributed by atoms with van der Waals surface area (Å²) in [6, 6.07) is 23.9. The summed E-state index contributed by atoms with van der Waals surface area (Å²) in [6.45, 7) is 3.25. The Balaban J connectivity index is 1.30. The number of likely N-dealkylation sites (tertiary alicyclic amines) is 1. The highest BCUT2D eigenvalue weighted by atomic mass is 16.5. The van der Waals surface area contributed by atoms with Crippen LogP contribution in [0.15, 0.2) is 84.6 Å².